The second kappa shape index (κ2) is 11.7. The number of aryl methyl sites for hydroxylation is 1. The summed E-state index contributed by atoms with van der Waals surface area (Å²) in [6, 6.07) is 17.1. The maximum Gasteiger partial charge on any atom is 0.264 e. The van der Waals surface area contributed by atoms with Crippen molar-refractivity contribution < 1.29 is 35.8 Å². The SMILES string of the molecule is COc1ccc(S(=O)(=O)N2C[C@@H](C(=O)NCCOc3ccc(S(=O)(=O)N(C)C)cc3)Oc3cc(C)ccc32)cc1. The maximum atomic E-state index is 13.6. The number of amides is 1. The van der Waals surface area contributed by atoms with E-state index in [1.807, 2.05) is 6.92 Å². The van der Waals surface area contributed by atoms with E-state index in [0.29, 0.717) is 17.2 Å². The Bertz CT molecular complexity index is 1570. The van der Waals surface area contributed by atoms with Crippen molar-refractivity contribution in [3.63, 3.8) is 0 Å². The van der Waals surface area contributed by atoms with Gasteiger partial charge in [0.25, 0.3) is 15.9 Å². The van der Waals surface area contributed by atoms with Crippen molar-refractivity contribution >= 4 is 31.6 Å². The number of methoxy groups -OCH3 is 1. The lowest BCUT2D eigenvalue weighted by Gasteiger charge is -2.35. The Labute approximate surface area is 234 Å². The zero-order chi connectivity index (χ0) is 29.1. The molecule has 214 valence electrons. The van der Waals surface area contributed by atoms with E-state index < -0.39 is 32.1 Å². The molecule has 0 radical (unpaired) electrons. The van der Waals surface area contributed by atoms with Crippen molar-refractivity contribution in [3.8, 4) is 17.2 Å². The molecule has 1 atom stereocenters. The fourth-order valence-electron chi connectivity index (χ4n) is 3.98. The molecule has 0 bridgehead atoms. The molecule has 1 aliphatic rings. The highest BCUT2D eigenvalue weighted by atomic mass is 32.2. The Morgan fingerprint density at radius 3 is 2.23 bits per heavy atom. The minimum atomic E-state index is -4.01. The Balaban J connectivity index is 1.42. The molecule has 0 aliphatic carbocycles. The number of nitrogens with zero attached hydrogens (tertiary/aromatic N) is 2. The fraction of sp³-hybridized carbons (Fsp3) is 0.296. The number of carbonyl (C=O) groups excluding carboxylic acids is 1. The number of hydrogen-bond acceptors (Lipinski definition) is 8. The number of hydrogen-bond donors (Lipinski definition) is 1. The van der Waals surface area contributed by atoms with Gasteiger partial charge in [-0.25, -0.2) is 21.1 Å². The number of carbonyl (C=O) groups is 1. The molecule has 3 aromatic rings. The Kier molecular flexibility index (Phi) is 8.57. The number of rotatable bonds is 10. The van der Waals surface area contributed by atoms with Gasteiger partial charge < -0.3 is 19.5 Å². The third kappa shape index (κ3) is 6.16. The van der Waals surface area contributed by atoms with Gasteiger partial charge in [-0.05, 0) is 73.2 Å². The third-order valence-electron chi connectivity index (χ3n) is 6.20. The Morgan fingerprint density at radius 2 is 1.60 bits per heavy atom. The van der Waals surface area contributed by atoms with Gasteiger partial charge in [0, 0.05) is 14.1 Å². The summed E-state index contributed by atoms with van der Waals surface area (Å²) >= 11 is 0. The molecule has 1 aliphatic heterocycles. The van der Waals surface area contributed by atoms with Crippen LogP contribution >= 0.6 is 0 Å². The molecule has 1 heterocycles. The van der Waals surface area contributed by atoms with Gasteiger partial charge in [0.05, 0.1) is 35.7 Å². The van der Waals surface area contributed by atoms with Gasteiger partial charge in [-0.3, -0.25) is 9.10 Å². The minimum absolute atomic E-state index is 0.0543. The summed E-state index contributed by atoms with van der Waals surface area (Å²) < 4.78 is 70.5. The van der Waals surface area contributed by atoms with Crippen LogP contribution in [-0.2, 0) is 24.8 Å². The van der Waals surface area contributed by atoms with Crippen LogP contribution in [0.4, 0.5) is 5.69 Å². The van der Waals surface area contributed by atoms with Crippen LogP contribution in [0, 0.1) is 6.92 Å². The molecule has 40 heavy (non-hydrogen) atoms. The summed E-state index contributed by atoms with van der Waals surface area (Å²) in [5, 5.41) is 2.72. The highest BCUT2D eigenvalue weighted by molar-refractivity contribution is 7.92. The van der Waals surface area contributed by atoms with Crippen LogP contribution in [0.25, 0.3) is 0 Å². The van der Waals surface area contributed by atoms with Gasteiger partial charge in [-0.2, -0.15) is 0 Å². The van der Waals surface area contributed by atoms with Crippen LogP contribution in [0.3, 0.4) is 0 Å². The van der Waals surface area contributed by atoms with Gasteiger partial charge in [0.15, 0.2) is 6.10 Å². The van der Waals surface area contributed by atoms with E-state index in [9.17, 15) is 21.6 Å². The summed E-state index contributed by atoms with van der Waals surface area (Å²) in [5.74, 6) is 0.735. The van der Waals surface area contributed by atoms with Crippen molar-refractivity contribution in [2.75, 3.05) is 45.2 Å². The zero-order valence-corrected chi connectivity index (χ0v) is 24.2. The highest BCUT2D eigenvalue weighted by Gasteiger charge is 2.37. The van der Waals surface area contributed by atoms with Crippen LogP contribution < -0.4 is 23.8 Å². The molecule has 0 aromatic heterocycles. The number of ether oxygens (including phenoxy) is 3. The van der Waals surface area contributed by atoms with Crippen LogP contribution in [0.2, 0.25) is 0 Å². The molecule has 1 N–H and O–H groups in total. The first-order chi connectivity index (χ1) is 18.9. The number of benzene rings is 3. The topological polar surface area (TPSA) is 132 Å². The summed E-state index contributed by atoms with van der Waals surface area (Å²) in [5.41, 5.74) is 1.19. The van der Waals surface area contributed by atoms with Gasteiger partial charge in [0.2, 0.25) is 10.0 Å². The molecule has 11 nitrogen and oxygen atoms in total. The van der Waals surface area contributed by atoms with E-state index in [1.165, 1.54) is 61.9 Å². The molecule has 4 rings (SSSR count). The van der Waals surface area contributed by atoms with E-state index in [2.05, 4.69) is 5.32 Å². The van der Waals surface area contributed by atoms with Gasteiger partial charge in [0.1, 0.15) is 23.9 Å². The number of sulfonamides is 2. The minimum Gasteiger partial charge on any atom is -0.497 e. The van der Waals surface area contributed by atoms with Gasteiger partial charge in [-0.1, -0.05) is 6.07 Å². The summed E-state index contributed by atoms with van der Waals surface area (Å²) in [4.78, 5) is 13.2. The van der Waals surface area contributed by atoms with E-state index in [0.717, 1.165) is 9.87 Å². The predicted octanol–water partition coefficient (Wildman–Crippen LogP) is 2.41. The Morgan fingerprint density at radius 1 is 0.975 bits per heavy atom. The van der Waals surface area contributed by atoms with Crippen LogP contribution in [0.15, 0.2) is 76.5 Å². The smallest absolute Gasteiger partial charge is 0.264 e. The molecule has 0 unspecified atom stereocenters. The summed E-state index contributed by atoms with van der Waals surface area (Å²) in [6.45, 7) is 1.83. The quantitative estimate of drug-likeness (QED) is 0.357. The van der Waals surface area contributed by atoms with Gasteiger partial charge in [-0.15, -0.1) is 0 Å². The molecule has 0 saturated heterocycles. The van der Waals surface area contributed by atoms with E-state index in [1.54, 1.807) is 30.3 Å². The van der Waals surface area contributed by atoms with E-state index in [-0.39, 0.29) is 35.2 Å². The first kappa shape index (κ1) is 29.2. The van der Waals surface area contributed by atoms with Crippen molar-refractivity contribution in [3.05, 3.63) is 72.3 Å². The summed E-state index contributed by atoms with van der Waals surface area (Å²) in [7, 11) is -3.17. The Hall–Kier alpha value is -3.81. The number of fused-ring (bicyclic) bond motifs is 1. The lowest BCUT2D eigenvalue weighted by molar-refractivity contribution is -0.127. The van der Waals surface area contributed by atoms with Crippen molar-refractivity contribution in [1.82, 2.24) is 9.62 Å². The molecular weight excluding hydrogens is 558 g/mol. The van der Waals surface area contributed by atoms with Crippen LogP contribution in [0.1, 0.15) is 5.56 Å². The monoisotopic (exact) mass is 589 g/mol. The molecule has 0 spiro atoms. The predicted molar refractivity (Wildman–Crippen MR) is 149 cm³/mol. The zero-order valence-electron chi connectivity index (χ0n) is 22.5. The normalized spacial score (nSPS) is 15.2. The van der Waals surface area contributed by atoms with Crippen molar-refractivity contribution in [1.29, 1.82) is 0 Å². The first-order valence-corrected chi connectivity index (χ1v) is 15.2. The average Bonchev–Trinajstić information content (AvgIpc) is 2.94. The second-order valence-electron chi connectivity index (χ2n) is 9.19. The third-order valence-corrected chi connectivity index (χ3v) is 9.82. The average molecular weight is 590 g/mol. The van der Waals surface area contributed by atoms with E-state index in [4.69, 9.17) is 14.2 Å². The molecule has 0 saturated carbocycles. The molecule has 13 heteroatoms. The van der Waals surface area contributed by atoms with Crippen molar-refractivity contribution in [2.45, 2.75) is 22.8 Å². The lowest BCUT2D eigenvalue weighted by atomic mass is 10.1. The summed E-state index contributed by atoms with van der Waals surface area (Å²) in [6.07, 6.45) is -1.10. The van der Waals surface area contributed by atoms with Crippen molar-refractivity contribution in [2.24, 2.45) is 0 Å². The first-order valence-electron chi connectivity index (χ1n) is 12.3. The highest BCUT2D eigenvalue weighted by Crippen LogP contribution is 2.38. The maximum absolute atomic E-state index is 13.6. The molecular formula is C27H31N3O8S2. The molecule has 3 aromatic carbocycles. The van der Waals surface area contributed by atoms with Crippen LogP contribution in [0.5, 0.6) is 17.2 Å². The second-order valence-corrected chi connectivity index (χ2v) is 13.2. The molecule has 1 amide bonds. The van der Waals surface area contributed by atoms with Crippen LogP contribution in [-0.4, -0.2) is 74.1 Å². The standard InChI is InChI=1S/C27H31N3O8S2/c1-19-5-14-24-25(17-19)38-26(18-30(24)40(34,35)23-10-6-20(36-4)7-11-23)27(31)28-15-16-37-21-8-12-22(13-9-21)39(32,33)29(2)3/h5-14,17,26H,15-16,18H2,1-4H3,(H,28,31)/t26-/m0/s1. The number of anilines is 1. The number of nitrogens with one attached hydrogen (secondary N) is 1. The lowest BCUT2D eigenvalue weighted by Crippen LogP contribution is -2.51. The van der Waals surface area contributed by atoms with Gasteiger partial charge >= 0.3 is 0 Å². The van der Waals surface area contributed by atoms with E-state index >= 15 is 0 Å². The molecule has 0 fully saturated rings. The fourth-order valence-corrected chi connectivity index (χ4v) is 6.35. The largest absolute Gasteiger partial charge is 0.497 e.